The van der Waals surface area contributed by atoms with Crippen molar-refractivity contribution in [2.45, 2.75) is 39.8 Å². The third-order valence-corrected chi connectivity index (χ3v) is 2.19. The van der Waals surface area contributed by atoms with E-state index >= 15 is 0 Å². The normalized spacial score (nSPS) is 11.1. The van der Waals surface area contributed by atoms with E-state index in [2.05, 4.69) is 30.6 Å². The molecule has 0 aliphatic heterocycles. The topological polar surface area (TPSA) is 80.5 Å². The summed E-state index contributed by atoms with van der Waals surface area (Å²) in [5.41, 5.74) is 0. The van der Waals surface area contributed by atoms with Crippen LogP contribution < -0.4 is 10.6 Å². The molecule has 0 bridgehead atoms. The standard InChI is InChI=1S/C12H19N7/c1-8(2)14-10-16-11(15-9(3)4)18-12(17-10)19-6-5-13-7-19/h5-9H,1-4H3,(H2,14,15,16,17,18). The molecule has 19 heavy (non-hydrogen) atoms. The molecule has 0 atom stereocenters. The minimum Gasteiger partial charge on any atom is -0.352 e. The van der Waals surface area contributed by atoms with Gasteiger partial charge in [-0.1, -0.05) is 0 Å². The van der Waals surface area contributed by atoms with Crippen LogP contribution in [0, 0.1) is 0 Å². The third kappa shape index (κ3) is 3.64. The van der Waals surface area contributed by atoms with E-state index in [4.69, 9.17) is 0 Å². The molecule has 0 radical (unpaired) electrons. The van der Waals surface area contributed by atoms with Gasteiger partial charge < -0.3 is 10.6 Å². The van der Waals surface area contributed by atoms with Crippen LogP contribution >= 0.6 is 0 Å². The van der Waals surface area contributed by atoms with Crippen molar-refractivity contribution in [3.8, 4) is 5.95 Å². The molecule has 102 valence electrons. The van der Waals surface area contributed by atoms with Crippen molar-refractivity contribution >= 4 is 11.9 Å². The minimum absolute atomic E-state index is 0.255. The largest absolute Gasteiger partial charge is 0.352 e. The first-order valence-electron chi connectivity index (χ1n) is 6.32. The highest BCUT2D eigenvalue weighted by Gasteiger charge is 2.09. The van der Waals surface area contributed by atoms with Crippen LogP contribution in [0.25, 0.3) is 5.95 Å². The van der Waals surface area contributed by atoms with Gasteiger partial charge in [0.05, 0.1) is 0 Å². The third-order valence-electron chi connectivity index (χ3n) is 2.19. The summed E-state index contributed by atoms with van der Waals surface area (Å²) in [6.45, 7) is 8.15. The Morgan fingerprint density at radius 1 is 0.947 bits per heavy atom. The van der Waals surface area contributed by atoms with Crippen LogP contribution in [0.15, 0.2) is 18.7 Å². The van der Waals surface area contributed by atoms with Crippen LogP contribution in [0.3, 0.4) is 0 Å². The van der Waals surface area contributed by atoms with Crippen LogP contribution in [0.1, 0.15) is 27.7 Å². The highest BCUT2D eigenvalue weighted by Crippen LogP contribution is 2.10. The van der Waals surface area contributed by atoms with Gasteiger partial charge in [-0.2, -0.15) is 15.0 Å². The second-order valence-electron chi connectivity index (χ2n) is 4.85. The van der Waals surface area contributed by atoms with Gasteiger partial charge in [-0.3, -0.25) is 4.57 Å². The second kappa shape index (κ2) is 5.64. The highest BCUT2D eigenvalue weighted by atomic mass is 15.3. The van der Waals surface area contributed by atoms with Gasteiger partial charge >= 0.3 is 0 Å². The molecule has 0 aliphatic carbocycles. The Balaban J connectivity index is 2.36. The van der Waals surface area contributed by atoms with Gasteiger partial charge in [0.15, 0.2) is 0 Å². The number of anilines is 2. The van der Waals surface area contributed by atoms with Crippen LogP contribution in [0.4, 0.5) is 11.9 Å². The van der Waals surface area contributed by atoms with E-state index < -0.39 is 0 Å². The van der Waals surface area contributed by atoms with Gasteiger partial charge in [0.1, 0.15) is 6.33 Å². The molecular weight excluding hydrogens is 242 g/mol. The van der Waals surface area contributed by atoms with E-state index in [-0.39, 0.29) is 12.1 Å². The average Bonchev–Trinajstić information content (AvgIpc) is 2.79. The number of hydrogen-bond acceptors (Lipinski definition) is 6. The monoisotopic (exact) mass is 261 g/mol. The minimum atomic E-state index is 0.255. The lowest BCUT2D eigenvalue weighted by Gasteiger charge is -2.13. The average molecular weight is 261 g/mol. The number of hydrogen-bond donors (Lipinski definition) is 2. The van der Waals surface area contributed by atoms with E-state index in [0.29, 0.717) is 17.8 Å². The van der Waals surface area contributed by atoms with Crippen molar-refractivity contribution in [1.82, 2.24) is 24.5 Å². The summed E-state index contributed by atoms with van der Waals surface area (Å²) in [5, 5.41) is 6.37. The molecule has 7 nitrogen and oxygen atoms in total. The van der Waals surface area contributed by atoms with Gasteiger partial charge in [-0.05, 0) is 27.7 Å². The molecule has 0 fully saturated rings. The first-order chi connectivity index (χ1) is 9.04. The molecule has 2 aromatic heterocycles. The Kier molecular flexibility index (Phi) is 3.94. The lowest BCUT2D eigenvalue weighted by Crippen LogP contribution is -2.18. The molecule has 0 saturated heterocycles. The molecule has 0 aromatic carbocycles. The van der Waals surface area contributed by atoms with E-state index in [1.165, 1.54) is 0 Å². The number of rotatable bonds is 5. The van der Waals surface area contributed by atoms with Crippen LogP contribution in [0.2, 0.25) is 0 Å². The van der Waals surface area contributed by atoms with E-state index in [0.717, 1.165) is 0 Å². The Morgan fingerprint density at radius 3 is 1.95 bits per heavy atom. The number of nitrogens with zero attached hydrogens (tertiary/aromatic N) is 5. The van der Waals surface area contributed by atoms with Gasteiger partial charge in [0, 0.05) is 24.5 Å². The molecule has 2 N–H and O–H groups in total. The van der Waals surface area contributed by atoms with Crippen molar-refractivity contribution in [1.29, 1.82) is 0 Å². The van der Waals surface area contributed by atoms with E-state index in [1.54, 1.807) is 23.3 Å². The number of imidazole rings is 1. The summed E-state index contributed by atoms with van der Waals surface area (Å²) in [7, 11) is 0. The van der Waals surface area contributed by atoms with Gasteiger partial charge in [-0.15, -0.1) is 0 Å². The summed E-state index contributed by atoms with van der Waals surface area (Å²) < 4.78 is 1.75. The summed E-state index contributed by atoms with van der Waals surface area (Å²) in [4.78, 5) is 17.1. The van der Waals surface area contributed by atoms with Gasteiger partial charge in [-0.25, -0.2) is 4.98 Å². The van der Waals surface area contributed by atoms with Crippen molar-refractivity contribution < 1.29 is 0 Å². The fourth-order valence-electron chi connectivity index (χ4n) is 1.50. The van der Waals surface area contributed by atoms with E-state index in [9.17, 15) is 0 Å². The predicted octanol–water partition coefficient (Wildman–Crippen LogP) is 1.70. The molecular formula is C12H19N7. The fourth-order valence-corrected chi connectivity index (χ4v) is 1.50. The quantitative estimate of drug-likeness (QED) is 0.852. The Bertz CT molecular complexity index is 491. The highest BCUT2D eigenvalue weighted by molar-refractivity contribution is 5.38. The fraction of sp³-hybridized carbons (Fsp3) is 0.500. The summed E-state index contributed by atoms with van der Waals surface area (Å²) >= 11 is 0. The van der Waals surface area contributed by atoms with Crippen LogP contribution in [-0.4, -0.2) is 36.6 Å². The maximum Gasteiger partial charge on any atom is 0.241 e. The molecule has 0 amide bonds. The van der Waals surface area contributed by atoms with Gasteiger partial charge in [0.25, 0.3) is 0 Å². The van der Waals surface area contributed by atoms with Crippen molar-refractivity contribution in [2.75, 3.05) is 10.6 Å². The van der Waals surface area contributed by atoms with Gasteiger partial charge in [0.2, 0.25) is 17.8 Å². The molecule has 2 aromatic rings. The summed E-state index contributed by atoms with van der Waals surface area (Å²) in [6, 6.07) is 0.509. The number of nitrogens with one attached hydrogen (secondary N) is 2. The second-order valence-corrected chi connectivity index (χ2v) is 4.85. The number of aromatic nitrogens is 5. The summed E-state index contributed by atoms with van der Waals surface area (Å²) in [5.74, 6) is 1.65. The van der Waals surface area contributed by atoms with Crippen molar-refractivity contribution in [3.63, 3.8) is 0 Å². The molecule has 0 spiro atoms. The molecule has 7 heteroatoms. The summed E-state index contributed by atoms with van der Waals surface area (Å²) in [6.07, 6.45) is 5.15. The van der Waals surface area contributed by atoms with Crippen molar-refractivity contribution in [2.24, 2.45) is 0 Å². The van der Waals surface area contributed by atoms with Crippen LogP contribution in [0.5, 0.6) is 0 Å². The first-order valence-corrected chi connectivity index (χ1v) is 6.32. The van der Waals surface area contributed by atoms with Crippen molar-refractivity contribution in [3.05, 3.63) is 18.7 Å². The zero-order valence-corrected chi connectivity index (χ0v) is 11.6. The van der Waals surface area contributed by atoms with E-state index in [1.807, 2.05) is 27.7 Å². The maximum atomic E-state index is 4.37. The maximum absolute atomic E-state index is 4.37. The van der Waals surface area contributed by atoms with Crippen LogP contribution in [-0.2, 0) is 0 Å². The molecule has 2 heterocycles. The molecule has 0 saturated carbocycles. The smallest absolute Gasteiger partial charge is 0.241 e. The Morgan fingerprint density at radius 2 is 1.53 bits per heavy atom. The molecule has 2 rings (SSSR count). The zero-order chi connectivity index (χ0) is 13.8. The lowest BCUT2D eigenvalue weighted by molar-refractivity contribution is 0.822. The SMILES string of the molecule is CC(C)Nc1nc(NC(C)C)nc(-n2ccnc2)n1. The zero-order valence-electron chi connectivity index (χ0n) is 11.6. The first kappa shape index (κ1) is 13.3. The predicted molar refractivity (Wildman–Crippen MR) is 74.5 cm³/mol. The molecule has 0 unspecified atom stereocenters. The Hall–Kier alpha value is -2.18. The molecule has 0 aliphatic rings. The lowest BCUT2D eigenvalue weighted by atomic mass is 10.4. The Labute approximate surface area is 112 Å².